The number of hydrogen-bond acceptors (Lipinski definition) is 3. The highest BCUT2D eigenvalue weighted by Gasteiger charge is 2.18. The molecule has 0 heterocycles. The van der Waals surface area contributed by atoms with Gasteiger partial charge < -0.3 is 14.8 Å². The lowest BCUT2D eigenvalue weighted by atomic mass is 9.84. The highest BCUT2D eigenvalue weighted by atomic mass is 16.5. The third-order valence-corrected chi connectivity index (χ3v) is 1.78. The Morgan fingerprint density at radius 3 is 2.46 bits per heavy atom. The summed E-state index contributed by atoms with van der Waals surface area (Å²) >= 11 is 0. The third-order valence-electron chi connectivity index (χ3n) is 1.78. The van der Waals surface area contributed by atoms with Crippen molar-refractivity contribution in [2.45, 2.75) is 19.5 Å². The fourth-order valence-corrected chi connectivity index (χ4v) is 0.888. The number of rotatable bonds is 4. The summed E-state index contributed by atoms with van der Waals surface area (Å²) in [4.78, 5) is 0. The van der Waals surface area contributed by atoms with Crippen LogP contribution in [0.2, 0.25) is 0 Å². The molecule has 0 saturated carbocycles. The van der Waals surface area contributed by atoms with Gasteiger partial charge in [-0.15, -0.1) is 0 Å². The Balaban J connectivity index is 2.35. The SMILES string of the molecule is CC(OCc1ccccc1)B(O)O. The lowest BCUT2D eigenvalue weighted by Gasteiger charge is -2.11. The van der Waals surface area contributed by atoms with Crippen molar-refractivity contribution in [2.24, 2.45) is 0 Å². The molecule has 0 aliphatic carbocycles. The second kappa shape index (κ2) is 5.02. The molecule has 1 aromatic carbocycles. The summed E-state index contributed by atoms with van der Waals surface area (Å²) < 4.78 is 5.19. The molecule has 0 aliphatic rings. The molecule has 0 spiro atoms. The predicted molar refractivity (Wildman–Crippen MR) is 50.9 cm³/mol. The van der Waals surface area contributed by atoms with Crippen molar-refractivity contribution >= 4 is 7.12 Å². The molecule has 0 amide bonds. The number of ether oxygens (including phenoxy) is 1. The largest absolute Gasteiger partial charge is 0.482 e. The van der Waals surface area contributed by atoms with Crippen molar-refractivity contribution in [3.05, 3.63) is 35.9 Å². The van der Waals surface area contributed by atoms with Crippen molar-refractivity contribution in [2.75, 3.05) is 0 Å². The molecule has 1 aromatic rings. The average molecular weight is 180 g/mol. The summed E-state index contributed by atoms with van der Waals surface area (Å²) in [5.41, 5.74) is 1.02. The minimum absolute atomic E-state index is 0.402. The second-order valence-corrected chi connectivity index (χ2v) is 2.92. The lowest BCUT2D eigenvalue weighted by Crippen LogP contribution is -2.30. The topological polar surface area (TPSA) is 49.7 Å². The highest BCUT2D eigenvalue weighted by molar-refractivity contribution is 6.42. The van der Waals surface area contributed by atoms with E-state index in [9.17, 15) is 0 Å². The van der Waals surface area contributed by atoms with Gasteiger partial charge in [-0.1, -0.05) is 30.3 Å². The summed E-state index contributed by atoms with van der Waals surface area (Å²) in [7, 11) is -1.41. The van der Waals surface area contributed by atoms with Crippen LogP contribution in [0.5, 0.6) is 0 Å². The van der Waals surface area contributed by atoms with E-state index in [-0.39, 0.29) is 0 Å². The van der Waals surface area contributed by atoms with E-state index in [1.54, 1.807) is 6.92 Å². The van der Waals surface area contributed by atoms with Crippen molar-refractivity contribution < 1.29 is 14.8 Å². The Labute approximate surface area is 78.1 Å². The first-order valence-corrected chi connectivity index (χ1v) is 4.22. The molecular formula is C9H13BO3. The second-order valence-electron chi connectivity index (χ2n) is 2.92. The van der Waals surface area contributed by atoms with Gasteiger partial charge in [0.2, 0.25) is 0 Å². The molecule has 0 saturated heterocycles. The van der Waals surface area contributed by atoms with Crippen LogP contribution in [0.1, 0.15) is 12.5 Å². The maximum absolute atomic E-state index is 8.73. The summed E-state index contributed by atoms with van der Waals surface area (Å²) in [6.07, 6.45) is 0. The standard InChI is InChI=1S/C9H13BO3/c1-8(10(11)12)13-7-9-5-3-2-4-6-9/h2-6,8,11-12H,7H2,1H3. The van der Waals surface area contributed by atoms with Crippen molar-refractivity contribution in [3.8, 4) is 0 Å². The van der Waals surface area contributed by atoms with Gasteiger partial charge in [-0.3, -0.25) is 0 Å². The molecule has 1 atom stereocenters. The molecule has 0 bridgehead atoms. The zero-order valence-electron chi connectivity index (χ0n) is 7.55. The summed E-state index contributed by atoms with van der Waals surface area (Å²) in [6, 6.07) is 9.05. The molecule has 1 unspecified atom stereocenters. The van der Waals surface area contributed by atoms with E-state index >= 15 is 0 Å². The van der Waals surface area contributed by atoms with Crippen molar-refractivity contribution in [1.29, 1.82) is 0 Å². The van der Waals surface area contributed by atoms with E-state index in [2.05, 4.69) is 0 Å². The molecule has 1 rings (SSSR count). The molecule has 0 radical (unpaired) electrons. The van der Waals surface area contributed by atoms with E-state index in [4.69, 9.17) is 14.8 Å². The first kappa shape index (κ1) is 10.2. The quantitative estimate of drug-likeness (QED) is 0.667. The summed E-state index contributed by atoms with van der Waals surface area (Å²) in [6.45, 7) is 2.02. The van der Waals surface area contributed by atoms with Gasteiger partial charge in [0.25, 0.3) is 0 Å². The molecule has 13 heavy (non-hydrogen) atoms. The highest BCUT2D eigenvalue weighted by Crippen LogP contribution is 2.03. The molecular weight excluding hydrogens is 167 g/mol. The van der Waals surface area contributed by atoms with Crippen LogP contribution >= 0.6 is 0 Å². The van der Waals surface area contributed by atoms with Crippen LogP contribution in [0.25, 0.3) is 0 Å². The number of hydrogen-bond donors (Lipinski definition) is 2. The first-order valence-electron chi connectivity index (χ1n) is 4.22. The van der Waals surface area contributed by atoms with Gasteiger partial charge in [-0.05, 0) is 12.5 Å². The smallest absolute Gasteiger partial charge is 0.425 e. The zero-order valence-corrected chi connectivity index (χ0v) is 7.55. The Morgan fingerprint density at radius 1 is 1.31 bits per heavy atom. The molecule has 4 heteroatoms. The monoisotopic (exact) mass is 180 g/mol. The molecule has 0 aromatic heterocycles. The first-order chi connectivity index (χ1) is 6.20. The zero-order chi connectivity index (χ0) is 9.68. The normalized spacial score (nSPS) is 12.5. The van der Waals surface area contributed by atoms with Crippen LogP contribution in [0.3, 0.4) is 0 Å². The third kappa shape index (κ3) is 3.59. The van der Waals surface area contributed by atoms with Gasteiger partial charge in [0.1, 0.15) is 0 Å². The van der Waals surface area contributed by atoms with Gasteiger partial charge in [-0.2, -0.15) is 0 Å². The van der Waals surface area contributed by atoms with Crippen LogP contribution in [0.4, 0.5) is 0 Å². The average Bonchev–Trinajstić information content (AvgIpc) is 2.15. The Bertz CT molecular complexity index is 238. The van der Waals surface area contributed by atoms with E-state index in [1.807, 2.05) is 30.3 Å². The maximum Gasteiger partial charge on any atom is 0.482 e. The van der Waals surface area contributed by atoms with E-state index in [1.165, 1.54) is 0 Å². The van der Waals surface area contributed by atoms with Gasteiger partial charge in [0, 0.05) is 0 Å². The molecule has 70 valence electrons. The maximum atomic E-state index is 8.73. The van der Waals surface area contributed by atoms with Crippen LogP contribution in [-0.4, -0.2) is 23.2 Å². The summed E-state index contributed by atoms with van der Waals surface area (Å²) in [5.74, 6) is 0. The van der Waals surface area contributed by atoms with Crippen molar-refractivity contribution in [1.82, 2.24) is 0 Å². The molecule has 3 nitrogen and oxygen atoms in total. The van der Waals surface area contributed by atoms with E-state index in [0.717, 1.165) is 5.56 Å². The van der Waals surface area contributed by atoms with Gasteiger partial charge >= 0.3 is 7.12 Å². The molecule has 0 aliphatic heterocycles. The van der Waals surface area contributed by atoms with Crippen LogP contribution in [0.15, 0.2) is 30.3 Å². The Morgan fingerprint density at radius 2 is 1.92 bits per heavy atom. The van der Waals surface area contributed by atoms with Crippen LogP contribution in [0, 0.1) is 0 Å². The fourth-order valence-electron chi connectivity index (χ4n) is 0.888. The number of benzene rings is 1. The fraction of sp³-hybridized carbons (Fsp3) is 0.333. The van der Waals surface area contributed by atoms with Gasteiger partial charge in [-0.25, -0.2) is 0 Å². The predicted octanol–water partition coefficient (Wildman–Crippen LogP) is 0.604. The van der Waals surface area contributed by atoms with Crippen LogP contribution < -0.4 is 0 Å². The van der Waals surface area contributed by atoms with E-state index in [0.29, 0.717) is 6.61 Å². The Kier molecular flexibility index (Phi) is 3.95. The Hall–Kier alpha value is -0.835. The molecule has 0 fully saturated rings. The van der Waals surface area contributed by atoms with E-state index < -0.39 is 13.1 Å². The summed E-state index contributed by atoms with van der Waals surface area (Å²) in [5, 5.41) is 17.5. The van der Waals surface area contributed by atoms with Crippen molar-refractivity contribution in [3.63, 3.8) is 0 Å². The minimum Gasteiger partial charge on any atom is -0.425 e. The van der Waals surface area contributed by atoms with Gasteiger partial charge in [0.15, 0.2) is 0 Å². The minimum atomic E-state index is -1.41. The lowest BCUT2D eigenvalue weighted by molar-refractivity contribution is 0.0791. The van der Waals surface area contributed by atoms with Crippen LogP contribution in [-0.2, 0) is 11.3 Å². The molecule has 2 N–H and O–H groups in total. The van der Waals surface area contributed by atoms with Gasteiger partial charge in [0.05, 0.1) is 12.6 Å².